The molecule has 0 saturated heterocycles. The fourth-order valence-electron chi connectivity index (χ4n) is 1.77. The number of fused-ring (bicyclic) bond motifs is 1. The molecule has 1 aromatic rings. The normalized spacial score (nSPS) is 14.3. The summed E-state index contributed by atoms with van der Waals surface area (Å²) < 4.78 is 5.54. The minimum absolute atomic E-state index is 0.145. The average Bonchev–Trinajstić information content (AvgIpc) is 2.58. The first-order chi connectivity index (χ1) is 8.24. The lowest BCUT2D eigenvalue weighted by atomic mass is 10.1. The predicted octanol–water partition coefficient (Wildman–Crippen LogP) is 0.397. The van der Waals surface area contributed by atoms with Gasteiger partial charge in [-0.15, -0.1) is 0 Å². The minimum Gasteiger partial charge on any atom is -0.491 e. The molecule has 5 nitrogen and oxygen atoms in total. The zero-order valence-electron chi connectivity index (χ0n) is 9.60. The number of carbonyl (C=O) groups is 2. The third kappa shape index (κ3) is 2.38. The van der Waals surface area contributed by atoms with Crippen LogP contribution in [0.4, 0.5) is 0 Å². The molecular weight excluding hydrogens is 220 g/mol. The molecule has 1 heterocycles. The Hall–Kier alpha value is -2.04. The molecule has 0 saturated carbocycles. The molecule has 1 aromatic carbocycles. The molecule has 5 heteroatoms. The van der Waals surface area contributed by atoms with Gasteiger partial charge in [0.2, 0.25) is 6.41 Å². The number of hydrogen-bond acceptors (Lipinski definition) is 3. The van der Waals surface area contributed by atoms with Gasteiger partial charge in [0.25, 0.3) is 5.91 Å². The molecule has 0 bridgehead atoms. The predicted molar refractivity (Wildman–Crippen MR) is 61.8 cm³/mol. The van der Waals surface area contributed by atoms with Crippen LogP contribution in [0.3, 0.4) is 0 Å². The Kier molecular flexibility index (Phi) is 3.27. The molecule has 0 unspecified atom stereocenters. The largest absolute Gasteiger partial charge is 0.491 e. The summed E-state index contributed by atoms with van der Waals surface area (Å²) in [5, 5.41) is 2.56. The quantitative estimate of drug-likeness (QED) is 0.753. The van der Waals surface area contributed by atoms with Crippen molar-refractivity contribution in [1.29, 1.82) is 0 Å². The van der Waals surface area contributed by atoms with Crippen molar-refractivity contribution in [3.8, 4) is 5.75 Å². The van der Waals surface area contributed by atoms with Crippen molar-refractivity contribution in [3.63, 3.8) is 0 Å². The summed E-state index contributed by atoms with van der Waals surface area (Å²) in [6.07, 6.45) is 0.811. The van der Waals surface area contributed by atoms with Crippen molar-refractivity contribution >= 4 is 12.3 Å². The van der Waals surface area contributed by atoms with Crippen LogP contribution in [-0.4, -0.2) is 37.4 Å². The van der Waals surface area contributed by atoms with E-state index >= 15 is 0 Å². The maximum atomic E-state index is 11.5. The summed E-state index contributed by atoms with van der Waals surface area (Å²) in [6.45, 7) is 1.53. The number of amides is 2. The monoisotopic (exact) mass is 234 g/mol. The molecular formula is C12H14N2O3. The first-order valence-electron chi connectivity index (χ1n) is 5.41. The fourth-order valence-corrected chi connectivity index (χ4v) is 1.77. The zero-order chi connectivity index (χ0) is 12.3. The second-order valence-electron chi connectivity index (χ2n) is 3.83. The van der Waals surface area contributed by atoms with E-state index < -0.39 is 0 Å². The highest BCUT2D eigenvalue weighted by atomic mass is 16.5. The standard InChI is InChI=1S/C12H14N2O3/c1-13-12(16)9-2-3-10-7-14(8-15)4-5-17-11(10)6-9/h2-3,6,8H,4-5,7H2,1H3,(H,13,16). The molecule has 2 rings (SSSR count). The van der Waals surface area contributed by atoms with E-state index in [9.17, 15) is 9.59 Å². The van der Waals surface area contributed by atoms with Gasteiger partial charge in [0.1, 0.15) is 12.4 Å². The second-order valence-corrected chi connectivity index (χ2v) is 3.83. The molecule has 17 heavy (non-hydrogen) atoms. The molecule has 90 valence electrons. The lowest BCUT2D eigenvalue weighted by Crippen LogP contribution is -2.23. The number of hydrogen-bond donors (Lipinski definition) is 1. The Bertz CT molecular complexity index is 445. The first-order valence-corrected chi connectivity index (χ1v) is 5.41. The molecule has 1 N–H and O–H groups in total. The summed E-state index contributed by atoms with van der Waals surface area (Å²) in [4.78, 5) is 23.9. The van der Waals surface area contributed by atoms with Gasteiger partial charge in [-0.25, -0.2) is 0 Å². The highest BCUT2D eigenvalue weighted by Gasteiger charge is 2.15. The van der Waals surface area contributed by atoms with Gasteiger partial charge in [0.15, 0.2) is 0 Å². The maximum absolute atomic E-state index is 11.5. The van der Waals surface area contributed by atoms with Gasteiger partial charge in [-0.3, -0.25) is 9.59 Å². The van der Waals surface area contributed by atoms with E-state index in [4.69, 9.17) is 4.74 Å². The van der Waals surface area contributed by atoms with Crippen LogP contribution in [0.15, 0.2) is 18.2 Å². The van der Waals surface area contributed by atoms with Gasteiger partial charge in [-0.2, -0.15) is 0 Å². The molecule has 0 atom stereocenters. The summed E-state index contributed by atoms with van der Waals surface area (Å²) in [5.41, 5.74) is 1.48. The van der Waals surface area contributed by atoms with Crippen LogP contribution in [0.5, 0.6) is 5.75 Å². The fraction of sp³-hybridized carbons (Fsp3) is 0.333. The third-order valence-corrected chi connectivity index (χ3v) is 2.71. The highest BCUT2D eigenvalue weighted by Crippen LogP contribution is 2.24. The van der Waals surface area contributed by atoms with Crippen LogP contribution in [-0.2, 0) is 11.3 Å². The molecule has 1 aliphatic heterocycles. The van der Waals surface area contributed by atoms with Gasteiger partial charge in [-0.05, 0) is 12.1 Å². The Morgan fingerprint density at radius 1 is 1.53 bits per heavy atom. The number of nitrogens with zero attached hydrogens (tertiary/aromatic N) is 1. The van der Waals surface area contributed by atoms with Gasteiger partial charge < -0.3 is 15.0 Å². The van der Waals surface area contributed by atoms with Crippen LogP contribution in [0.25, 0.3) is 0 Å². The SMILES string of the molecule is CNC(=O)c1ccc2c(c1)OCCN(C=O)C2. The van der Waals surface area contributed by atoms with Gasteiger partial charge in [-0.1, -0.05) is 6.07 Å². The Morgan fingerprint density at radius 2 is 2.35 bits per heavy atom. The van der Waals surface area contributed by atoms with Crippen molar-refractivity contribution in [2.45, 2.75) is 6.54 Å². The molecule has 0 radical (unpaired) electrons. The van der Waals surface area contributed by atoms with Crippen LogP contribution >= 0.6 is 0 Å². The molecule has 0 aliphatic carbocycles. The number of rotatable bonds is 2. The number of benzene rings is 1. The van der Waals surface area contributed by atoms with Gasteiger partial charge in [0, 0.05) is 24.7 Å². The van der Waals surface area contributed by atoms with Crippen molar-refractivity contribution in [2.75, 3.05) is 20.2 Å². The average molecular weight is 234 g/mol. The van der Waals surface area contributed by atoms with Crippen LogP contribution in [0.1, 0.15) is 15.9 Å². The lowest BCUT2D eigenvalue weighted by molar-refractivity contribution is -0.118. The van der Waals surface area contributed by atoms with Crippen LogP contribution < -0.4 is 10.1 Å². The van der Waals surface area contributed by atoms with Crippen LogP contribution in [0, 0.1) is 0 Å². The molecule has 1 aliphatic rings. The van der Waals surface area contributed by atoms with E-state index in [1.54, 1.807) is 24.1 Å². The third-order valence-electron chi connectivity index (χ3n) is 2.71. The smallest absolute Gasteiger partial charge is 0.251 e. The van der Waals surface area contributed by atoms with Crippen molar-refractivity contribution in [1.82, 2.24) is 10.2 Å². The van der Waals surface area contributed by atoms with Crippen LogP contribution in [0.2, 0.25) is 0 Å². The van der Waals surface area contributed by atoms with E-state index in [-0.39, 0.29) is 5.91 Å². The highest BCUT2D eigenvalue weighted by molar-refractivity contribution is 5.94. The number of nitrogens with one attached hydrogen (secondary N) is 1. The summed E-state index contributed by atoms with van der Waals surface area (Å²) in [6, 6.07) is 5.26. The lowest BCUT2D eigenvalue weighted by Gasteiger charge is -2.12. The van der Waals surface area contributed by atoms with E-state index in [1.807, 2.05) is 6.07 Å². The first kappa shape index (κ1) is 11.4. The summed E-state index contributed by atoms with van der Waals surface area (Å²) >= 11 is 0. The molecule has 2 amide bonds. The second kappa shape index (κ2) is 4.86. The van der Waals surface area contributed by atoms with E-state index in [1.165, 1.54) is 0 Å². The van der Waals surface area contributed by atoms with Crippen molar-refractivity contribution in [2.24, 2.45) is 0 Å². The zero-order valence-corrected chi connectivity index (χ0v) is 9.60. The van der Waals surface area contributed by atoms with Crippen molar-refractivity contribution < 1.29 is 14.3 Å². The van der Waals surface area contributed by atoms with Crippen molar-refractivity contribution in [3.05, 3.63) is 29.3 Å². The Morgan fingerprint density at radius 3 is 3.06 bits per heavy atom. The number of carbonyl (C=O) groups excluding carboxylic acids is 2. The molecule has 0 aromatic heterocycles. The topological polar surface area (TPSA) is 58.6 Å². The summed E-state index contributed by atoms with van der Waals surface area (Å²) in [7, 11) is 1.59. The van der Waals surface area contributed by atoms with E-state index in [0.717, 1.165) is 12.0 Å². The van der Waals surface area contributed by atoms with Gasteiger partial charge in [0.05, 0.1) is 6.54 Å². The number of ether oxygens (including phenoxy) is 1. The maximum Gasteiger partial charge on any atom is 0.251 e. The Balaban J connectivity index is 2.30. The van der Waals surface area contributed by atoms with E-state index in [0.29, 0.717) is 31.0 Å². The van der Waals surface area contributed by atoms with Gasteiger partial charge >= 0.3 is 0 Å². The molecule has 0 spiro atoms. The summed E-state index contributed by atoms with van der Waals surface area (Å²) in [5.74, 6) is 0.531. The molecule has 0 fully saturated rings. The Labute approximate surface area is 99.4 Å². The minimum atomic E-state index is -0.145. The van der Waals surface area contributed by atoms with E-state index in [2.05, 4.69) is 5.32 Å².